The number of ether oxygens (including phenoxy) is 1. The molecule has 3 aliphatic rings. The van der Waals surface area contributed by atoms with Gasteiger partial charge >= 0.3 is 6.09 Å². The van der Waals surface area contributed by atoms with Gasteiger partial charge in [-0.25, -0.2) is 4.79 Å². The Morgan fingerprint density at radius 1 is 1.13 bits per heavy atom. The van der Waals surface area contributed by atoms with Crippen molar-refractivity contribution < 1.29 is 14.3 Å². The smallest absolute Gasteiger partial charge is 0.407 e. The SMILES string of the molecule is Cn1ncc2c1Nc1ccccc1N(C(=O)c1ccc(CNC(=O)OC3CCN(CC4CC4)CC3)c(Cl)c1)C2. The summed E-state index contributed by atoms with van der Waals surface area (Å²) in [6.45, 7) is 3.74. The number of aromatic nitrogens is 2. The number of aryl methyl sites for hydroxylation is 1. The summed E-state index contributed by atoms with van der Waals surface area (Å²) in [6.07, 6.45) is 5.72. The average Bonchev–Trinajstić information content (AvgIpc) is 3.72. The fraction of sp³-hybridized carbons (Fsp3) is 0.414. The molecule has 2 fully saturated rings. The van der Waals surface area contributed by atoms with Gasteiger partial charge in [-0.15, -0.1) is 0 Å². The van der Waals surface area contributed by atoms with Gasteiger partial charge in [-0.2, -0.15) is 5.10 Å². The van der Waals surface area contributed by atoms with Gasteiger partial charge in [0.05, 0.1) is 24.1 Å². The molecule has 2 aliphatic heterocycles. The van der Waals surface area contributed by atoms with E-state index in [1.807, 2.05) is 31.3 Å². The van der Waals surface area contributed by atoms with E-state index in [-0.39, 0.29) is 18.6 Å². The number of benzene rings is 2. The number of amides is 2. The van der Waals surface area contributed by atoms with Gasteiger partial charge in [-0.3, -0.25) is 9.48 Å². The Labute approximate surface area is 233 Å². The molecule has 0 bridgehead atoms. The Hall–Kier alpha value is -3.56. The zero-order chi connectivity index (χ0) is 26.9. The van der Waals surface area contributed by atoms with E-state index in [0.29, 0.717) is 17.1 Å². The van der Waals surface area contributed by atoms with Crippen molar-refractivity contribution in [2.75, 3.05) is 29.9 Å². The molecule has 10 heteroatoms. The van der Waals surface area contributed by atoms with Crippen LogP contribution in [0.4, 0.5) is 22.0 Å². The predicted octanol–water partition coefficient (Wildman–Crippen LogP) is 5.08. The fourth-order valence-corrected chi connectivity index (χ4v) is 5.60. The van der Waals surface area contributed by atoms with Crippen molar-refractivity contribution in [1.29, 1.82) is 0 Å². The van der Waals surface area contributed by atoms with E-state index < -0.39 is 6.09 Å². The second-order valence-corrected chi connectivity index (χ2v) is 11.1. The van der Waals surface area contributed by atoms with Crippen LogP contribution in [0.15, 0.2) is 48.7 Å². The molecule has 3 aromatic rings. The third kappa shape index (κ3) is 5.74. The largest absolute Gasteiger partial charge is 0.446 e. The molecular weight excluding hydrogens is 516 g/mol. The van der Waals surface area contributed by atoms with Crippen LogP contribution >= 0.6 is 11.6 Å². The van der Waals surface area contributed by atoms with Gasteiger partial charge in [0.15, 0.2) is 0 Å². The molecule has 1 saturated heterocycles. The van der Waals surface area contributed by atoms with Crippen molar-refractivity contribution in [2.45, 2.75) is 44.9 Å². The van der Waals surface area contributed by atoms with E-state index in [1.54, 1.807) is 34.0 Å². The number of likely N-dealkylation sites (tertiary alicyclic amines) is 1. The average molecular weight is 549 g/mol. The Morgan fingerprint density at radius 3 is 2.69 bits per heavy atom. The van der Waals surface area contributed by atoms with Crippen LogP contribution in [0.3, 0.4) is 0 Å². The number of nitrogens with one attached hydrogen (secondary N) is 2. The summed E-state index contributed by atoms with van der Waals surface area (Å²) in [4.78, 5) is 30.3. The molecule has 0 spiro atoms. The highest BCUT2D eigenvalue weighted by molar-refractivity contribution is 6.32. The van der Waals surface area contributed by atoms with Gasteiger partial charge in [-0.05, 0) is 61.4 Å². The predicted molar refractivity (Wildman–Crippen MR) is 150 cm³/mol. The molecule has 0 radical (unpaired) electrons. The maximum atomic E-state index is 13.7. The number of piperidine rings is 1. The van der Waals surface area contributed by atoms with E-state index in [1.165, 1.54) is 19.4 Å². The number of alkyl carbamates (subject to hydrolysis) is 1. The number of hydrogen-bond donors (Lipinski definition) is 2. The van der Waals surface area contributed by atoms with Crippen LogP contribution in [0, 0.1) is 5.92 Å². The molecule has 6 rings (SSSR count). The highest BCUT2D eigenvalue weighted by Crippen LogP contribution is 2.36. The number of hydrogen-bond acceptors (Lipinski definition) is 6. The first-order valence-electron chi connectivity index (χ1n) is 13.6. The summed E-state index contributed by atoms with van der Waals surface area (Å²) in [7, 11) is 1.87. The Kier molecular flexibility index (Phi) is 7.18. The minimum atomic E-state index is -0.437. The molecule has 39 heavy (non-hydrogen) atoms. The second-order valence-electron chi connectivity index (χ2n) is 10.7. The standard InChI is InChI=1S/C29H33ClN6O3/c1-34-27-22(16-32-34)18-36(26-5-3-2-4-25(26)33-27)28(37)20-8-9-21(24(30)14-20)15-31-29(38)39-23-10-12-35(13-11-23)17-19-6-7-19/h2-5,8-9,14,16,19,23,33H,6-7,10-13,15,17-18H2,1H3,(H,31,38). The van der Waals surface area contributed by atoms with Crippen LogP contribution < -0.4 is 15.5 Å². The van der Waals surface area contributed by atoms with Gasteiger partial charge in [0.25, 0.3) is 5.91 Å². The summed E-state index contributed by atoms with van der Waals surface area (Å²) in [5.74, 6) is 1.56. The molecule has 2 amide bonds. The van der Waals surface area contributed by atoms with E-state index >= 15 is 0 Å². The lowest BCUT2D eigenvalue weighted by Gasteiger charge is -2.31. The number of rotatable bonds is 6. The van der Waals surface area contributed by atoms with Crippen molar-refractivity contribution in [1.82, 2.24) is 20.0 Å². The molecule has 0 atom stereocenters. The minimum absolute atomic E-state index is 0.0535. The molecule has 0 unspecified atom stereocenters. The first-order valence-corrected chi connectivity index (χ1v) is 14.0. The third-order valence-electron chi connectivity index (χ3n) is 7.78. The monoisotopic (exact) mass is 548 g/mol. The molecule has 2 N–H and O–H groups in total. The maximum Gasteiger partial charge on any atom is 0.407 e. The lowest BCUT2D eigenvalue weighted by Crippen LogP contribution is -2.40. The molecular formula is C29H33ClN6O3. The molecule has 2 aromatic carbocycles. The first-order chi connectivity index (χ1) is 18.9. The highest BCUT2D eigenvalue weighted by Gasteiger charge is 2.29. The van der Waals surface area contributed by atoms with Gasteiger partial charge < -0.3 is 25.2 Å². The zero-order valence-electron chi connectivity index (χ0n) is 22.0. The lowest BCUT2D eigenvalue weighted by atomic mass is 10.1. The number of carbonyl (C=O) groups excluding carboxylic acids is 2. The van der Waals surface area contributed by atoms with Crippen LogP contribution in [-0.4, -0.2) is 52.4 Å². The number of anilines is 3. The van der Waals surface area contributed by atoms with E-state index in [4.69, 9.17) is 16.3 Å². The van der Waals surface area contributed by atoms with Crippen LogP contribution in [0.5, 0.6) is 0 Å². The van der Waals surface area contributed by atoms with E-state index in [2.05, 4.69) is 20.6 Å². The van der Waals surface area contributed by atoms with E-state index in [0.717, 1.165) is 60.2 Å². The molecule has 9 nitrogen and oxygen atoms in total. The Balaban J connectivity index is 1.08. The first kappa shape index (κ1) is 25.7. The summed E-state index contributed by atoms with van der Waals surface area (Å²) >= 11 is 6.57. The lowest BCUT2D eigenvalue weighted by molar-refractivity contribution is 0.0493. The number of fused-ring (bicyclic) bond motifs is 2. The van der Waals surface area contributed by atoms with Crippen molar-refractivity contribution in [2.24, 2.45) is 13.0 Å². The molecule has 1 saturated carbocycles. The van der Waals surface area contributed by atoms with Crippen molar-refractivity contribution >= 4 is 40.8 Å². The minimum Gasteiger partial charge on any atom is -0.446 e. The van der Waals surface area contributed by atoms with Gasteiger partial charge in [0, 0.05) is 49.4 Å². The quantitative estimate of drug-likeness (QED) is 0.446. The van der Waals surface area contributed by atoms with E-state index in [9.17, 15) is 9.59 Å². The number of halogens is 1. The van der Waals surface area contributed by atoms with Crippen LogP contribution in [0.1, 0.15) is 47.2 Å². The van der Waals surface area contributed by atoms with Crippen LogP contribution in [0.25, 0.3) is 0 Å². The number of nitrogens with zero attached hydrogens (tertiary/aromatic N) is 4. The number of para-hydroxylation sites is 2. The van der Waals surface area contributed by atoms with Gasteiger partial charge in [0.1, 0.15) is 11.9 Å². The Morgan fingerprint density at radius 2 is 1.92 bits per heavy atom. The molecule has 1 aromatic heterocycles. The molecule has 3 heterocycles. The summed E-state index contributed by atoms with van der Waals surface area (Å²) in [5.41, 5.74) is 3.71. The van der Waals surface area contributed by atoms with Crippen LogP contribution in [-0.2, 0) is 24.9 Å². The molecule has 204 valence electrons. The van der Waals surface area contributed by atoms with Crippen molar-refractivity contribution in [3.8, 4) is 0 Å². The third-order valence-corrected chi connectivity index (χ3v) is 8.13. The van der Waals surface area contributed by atoms with Gasteiger partial charge in [-0.1, -0.05) is 29.8 Å². The van der Waals surface area contributed by atoms with Crippen LogP contribution in [0.2, 0.25) is 5.02 Å². The summed E-state index contributed by atoms with van der Waals surface area (Å²) < 4.78 is 7.41. The Bertz CT molecular complexity index is 1380. The summed E-state index contributed by atoms with van der Waals surface area (Å²) in [5, 5.41) is 11.0. The molecule has 1 aliphatic carbocycles. The fourth-order valence-electron chi connectivity index (χ4n) is 5.35. The second kappa shape index (κ2) is 10.9. The maximum absolute atomic E-state index is 13.7. The van der Waals surface area contributed by atoms with Crippen molar-refractivity contribution in [3.05, 3.63) is 70.4 Å². The topological polar surface area (TPSA) is 91.7 Å². The van der Waals surface area contributed by atoms with Gasteiger partial charge in [0.2, 0.25) is 0 Å². The van der Waals surface area contributed by atoms with Crippen molar-refractivity contribution in [3.63, 3.8) is 0 Å². The highest BCUT2D eigenvalue weighted by atomic mass is 35.5. The number of carbonyl (C=O) groups is 2. The summed E-state index contributed by atoms with van der Waals surface area (Å²) in [6, 6.07) is 12.9. The normalized spacial score (nSPS) is 17.5. The zero-order valence-corrected chi connectivity index (χ0v) is 22.8.